The predicted molar refractivity (Wildman–Crippen MR) is 260 cm³/mol. The van der Waals surface area contributed by atoms with Gasteiger partial charge >= 0.3 is 5.97 Å². The van der Waals surface area contributed by atoms with Gasteiger partial charge in [-0.25, -0.2) is 4.79 Å². The van der Waals surface area contributed by atoms with Gasteiger partial charge in [-0.2, -0.15) is 0 Å². The van der Waals surface area contributed by atoms with E-state index in [2.05, 4.69) is 16.0 Å². The largest absolute Gasteiger partial charge is 0.480 e. The van der Waals surface area contributed by atoms with E-state index < -0.39 is 108 Å². The summed E-state index contributed by atoms with van der Waals surface area (Å²) in [6, 6.07) is 1.22. The van der Waals surface area contributed by atoms with Gasteiger partial charge in [0.05, 0.1) is 30.9 Å². The third-order valence-corrected chi connectivity index (χ3v) is 12.1. The number of likely N-dealkylation sites (N-methyl/N-ethyl adjacent to an activating group) is 6. The van der Waals surface area contributed by atoms with Gasteiger partial charge in [-0.1, -0.05) is 78.3 Å². The van der Waals surface area contributed by atoms with Crippen LogP contribution >= 0.6 is 0 Å². The lowest BCUT2D eigenvalue weighted by atomic mass is 9.97. The number of benzene rings is 1. The zero-order valence-corrected chi connectivity index (χ0v) is 43.8. The molecule has 1 aromatic rings. The first-order valence-corrected chi connectivity index (χ1v) is 23.6. The van der Waals surface area contributed by atoms with Gasteiger partial charge in [-0.15, -0.1) is 0 Å². The highest BCUT2D eigenvalue weighted by Crippen LogP contribution is 2.20. The Bertz CT molecular complexity index is 1840. The summed E-state index contributed by atoms with van der Waals surface area (Å²) < 4.78 is 5.91. The van der Waals surface area contributed by atoms with E-state index in [-0.39, 0.29) is 43.6 Å². The molecule has 0 fully saturated rings. The van der Waals surface area contributed by atoms with E-state index in [1.807, 2.05) is 65.0 Å². The van der Waals surface area contributed by atoms with Crippen molar-refractivity contribution < 1.29 is 53.3 Å². The minimum absolute atomic E-state index is 0.114. The smallest absolute Gasteiger partial charge is 0.326 e. The highest BCUT2D eigenvalue weighted by atomic mass is 16.5. The van der Waals surface area contributed by atoms with Crippen LogP contribution in [0.4, 0.5) is 0 Å². The molecule has 19 nitrogen and oxygen atoms in total. The van der Waals surface area contributed by atoms with Crippen LogP contribution in [0.1, 0.15) is 101 Å². The van der Waals surface area contributed by atoms with Crippen LogP contribution in [0.15, 0.2) is 30.3 Å². The van der Waals surface area contributed by atoms with Crippen molar-refractivity contribution in [1.29, 1.82) is 0 Å². The number of amides is 7. The summed E-state index contributed by atoms with van der Waals surface area (Å²) in [5.74, 6) is -6.33. The van der Waals surface area contributed by atoms with Crippen molar-refractivity contribution in [3.63, 3.8) is 0 Å². The number of carboxylic acid groups (broad SMARTS) is 1. The zero-order valence-electron chi connectivity index (χ0n) is 43.8. The number of ether oxygens (including phenoxy) is 1. The van der Waals surface area contributed by atoms with Crippen LogP contribution < -0.4 is 16.0 Å². The SMILES string of the molecule is CC[C@H](C)[C@@H](C(=O)O)N(C)C(=O)[C@H](COC(C)(C)C)NC(=O)[C@H](CC(C)C)N(C)C(=O)CN(C)C(=O)[C@@H](NC(=O)[C@H](CC(C)C)N(C)C(=O)[C@H](Cc1ccccc1)N(C)C(=O)[C@H](C)NC)[C@@H](C)O. The molecule has 68 heavy (non-hydrogen) atoms. The van der Waals surface area contributed by atoms with Gasteiger partial charge in [-0.3, -0.25) is 33.6 Å². The highest BCUT2D eigenvalue weighted by molar-refractivity contribution is 5.97. The molecule has 5 N–H and O–H groups in total. The fraction of sp³-hybridized carbons (Fsp3) is 0.714. The van der Waals surface area contributed by atoms with E-state index in [0.29, 0.717) is 6.42 Å². The molecule has 19 heteroatoms. The van der Waals surface area contributed by atoms with Crippen molar-refractivity contribution in [1.82, 2.24) is 40.4 Å². The van der Waals surface area contributed by atoms with Crippen molar-refractivity contribution >= 4 is 47.3 Å². The molecule has 0 aliphatic carbocycles. The quantitative estimate of drug-likeness (QED) is 0.0852. The highest BCUT2D eigenvalue weighted by Gasteiger charge is 2.41. The van der Waals surface area contributed by atoms with E-state index in [4.69, 9.17) is 4.74 Å². The summed E-state index contributed by atoms with van der Waals surface area (Å²) in [4.78, 5) is 116. The van der Waals surface area contributed by atoms with Gasteiger partial charge < -0.3 is 55.4 Å². The van der Waals surface area contributed by atoms with Gasteiger partial charge in [0, 0.05) is 41.7 Å². The molecule has 0 aliphatic heterocycles. The second-order valence-electron chi connectivity index (χ2n) is 19.9. The van der Waals surface area contributed by atoms with Crippen LogP contribution in [0.5, 0.6) is 0 Å². The van der Waals surface area contributed by atoms with Crippen LogP contribution in [-0.2, 0) is 49.5 Å². The van der Waals surface area contributed by atoms with Crippen LogP contribution in [0.25, 0.3) is 0 Å². The monoisotopic (exact) mass is 961 g/mol. The lowest BCUT2D eigenvalue weighted by Crippen LogP contribution is -2.61. The van der Waals surface area contributed by atoms with Crippen LogP contribution in [-0.4, -0.2) is 191 Å². The average Bonchev–Trinajstić information content (AvgIpc) is 3.26. The molecule has 0 radical (unpaired) electrons. The second kappa shape index (κ2) is 27.8. The number of aliphatic hydroxyl groups excluding tert-OH is 1. The first kappa shape index (κ1) is 60.9. The number of aliphatic carboxylic acids is 1. The maximum atomic E-state index is 14.4. The first-order chi connectivity index (χ1) is 31.4. The van der Waals surface area contributed by atoms with Gasteiger partial charge in [-0.05, 0) is 77.8 Å². The molecule has 9 atom stereocenters. The van der Waals surface area contributed by atoms with Crippen LogP contribution in [0.3, 0.4) is 0 Å². The molecular formula is C49H84N8O11. The molecule has 0 aromatic heterocycles. The Hall–Kier alpha value is -5.14. The Morgan fingerprint density at radius 3 is 1.63 bits per heavy atom. The fourth-order valence-electron chi connectivity index (χ4n) is 7.59. The number of rotatable bonds is 27. The Kier molecular flexibility index (Phi) is 24.8. The summed E-state index contributed by atoms with van der Waals surface area (Å²) in [5, 5.41) is 29.2. The maximum absolute atomic E-state index is 14.4. The summed E-state index contributed by atoms with van der Waals surface area (Å²) in [5.41, 5.74) is 0.0636. The number of nitrogens with zero attached hydrogens (tertiary/aromatic N) is 5. The predicted octanol–water partition coefficient (Wildman–Crippen LogP) is 1.99. The van der Waals surface area contributed by atoms with Crippen molar-refractivity contribution in [2.24, 2.45) is 17.8 Å². The van der Waals surface area contributed by atoms with E-state index in [1.165, 1.54) is 52.0 Å². The lowest BCUT2D eigenvalue weighted by Gasteiger charge is -2.37. The standard InChI is InChI=1S/C49H84N8O11/c1-18-31(6)41(48(66)67)57(17)45(63)35(28-68-49(9,10)11)51-42(60)36(24-29(2)3)54(14)39(59)27-53(13)47(65)40(33(8)58)52-43(61)37(25-30(4)5)55(15)46(64)38(26-34-22-20-19-21-23-34)56(16)44(62)32(7)50-12/h19-23,29-33,35-38,40-41,50,58H,18,24-28H2,1-17H3,(H,51,60)(H,52,61)(H,66,67)/t31-,32-,33+,35-,36-,37-,38-,40-,41-/m0/s1. The van der Waals surface area contributed by atoms with Gasteiger partial charge in [0.15, 0.2) is 0 Å². The molecule has 0 saturated heterocycles. The minimum atomic E-state index is -1.56. The number of hydrogen-bond donors (Lipinski definition) is 5. The Morgan fingerprint density at radius 2 is 1.18 bits per heavy atom. The van der Waals surface area contributed by atoms with E-state index in [9.17, 15) is 48.6 Å². The number of carboxylic acids is 1. The van der Waals surface area contributed by atoms with E-state index >= 15 is 0 Å². The normalized spacial score (nSPS) is 15.6. The van der Waals surface area contributed by atoms with Crippen molar-refractivity contribution in [3.05, 3.63) is 35.9 Å². The van der Waals surface area contributed by atoms with Crippen molar-refractivity contribution in [2.75, 3.05) is 55.4 Å². The van der Waals surface area contributed by atoms with E-state index in [0.717, 1.165) is 20.3 Å². The first-order valence-electron chi connectivity index (χ1n) is 23.6. The fourth-order valence-corrected chi connectivity index (χ4v) is 7.59. The van der Waals surface area contributed by atoms with Crippen LogP contribution in [0, 0.1) is 17.8 Å². The molecule has 1 rings (SSSR count). The molecule has 0 spiro atoms. The number of hydrogen-bond acceptors (Lipinski definition) is 11. The number of carbonyl (C=O) groups is 8. The number of nitrogens with one attached hydrogen (secondary N) is 3. The van der Waals surface area contributed by atoms with Gasteiger partial charge in [0.1, 0.15) is 36.3 Å². The summed E-state index contributed by atoms with van der Waals surface area (Å²) >= 11 is 0. The molecule has 0 saturated carbocycles. The Labute approximate surface area is 405 Å². The molecule has 0 heterocycles. The third kappa shape index (κ3) is 18.4. The Morgan fingerprint density at radius 1 is 0.676 bits per heavy atom. The summed E-state index contributed by atoms with van der Waals surface area (Å²) in [6.45, 7) is 18.4. The number of carbonyl (C=O) groups excluding carboxylic acids is 7. The molecule has 0 bridgehead atoms. The van der Waals surface area contributed by atoms with E-state index in [1.54, 1.807) is 41.7 Å². The van der Waals surface area contributed by atoms with Crippen LogP contribution in [0.2, 0.25) is 0 Å². The molecule has 386 valence electrons. The average molecular weight is 961 g/mol. The Balaban J connectivity index is 3.46. The minimum Gasteiger partial charge on any atom is -0.480 e. The molecular weight excluding hydrogens is 877 g/mol. The zero-order chi connectivity index (χ0) is 52.5. The summed E-state index contributed by atoms with van der Waals surface area (Å²) in [7, 11) is 8.69. The third-order valence-electron chi connectivity index (χ3n) is 12.1. The van der Waals surface area contributed by atoms with Crippen molar-refractivity contribution in [3.8, 4) is 0 Å². The lowest BCUT2D eigenvalue weighted by molar-refractivity contribution is -0.154. The molecule has 0 unspecified atom stereocenters. The van der Waals surface area contributed by atoms with Gasteiger partial charge in [0.25, 0.3) is 0 Å². The van der Waals surface area contributed by atoms with Gasteiger partial charge in [0.2, 0.25) is 41.4 Å². The summed E-state index contributed by atoms with van der Waals surface area (Å²) in [6.07, 6.45) is -0.509. The maximum Gasteiger partial charge on any atom is 0.326 e. The number of aliphatic hydroxyl groups is 1. The molecule has 0 aliphatic rings. The topological polar surface area (TPSA) is 239 Å². The van der Waals surface area contributed by atoms with Crippen molar-refractivity contribution in [2.45, 2.75) is 156 Å². The second-order valence-corrected chi connectivity index (χ2v) is 19.9. The molecule has 7 amide bonds. The molecule has 1 aromatic carbocycles.